The first-order valence-electron chi connectivity index (χ1n) is 12.7. The molecule has 0 rings (SSSR count). The van der Waals surface area contributed by atoms with E-state index in [-0.39, 0.29) is 32.5 Å². The highest BCUT2D eigenvalue weighted by Gasteiger charge is 2.42. The second-order valence-corrected chi connectivity index (χ2v) is 15.4. The number of nitrogens with one attached hydrogen (secondary N) is 1. The normalized spacial score (nSPS) is 16.3. The monoisotopic (exact) mass is 613 g/mol. The Kier molecular flexibility index (Phi) is 16.0. The quantitative estimate of drug-likeness (QED) is 0.0689. The number of carbonyl (C=O) groups excluding carboxylic acids is 2. The lowest BCUT2D eigenvalue weighted by molar-refractivity contribution is -0.148. The van der Waals surface area contributed by atoms with E-state index in [4.69, 9.17) is 22.8 Å². The van der Waals surface area contributed by atoms with Crippen LogP contribution in [-0.4, -0.2) is 109 Å². The minimum atomic E-state index is -4.64. The van der Waals surface area contributed by atoms with E-state index in [0.717, 1.165) is 0 Å². The summed E-state index contributed by atoms with van der Waals surface area (Å²) in [6.45, 7) is 4.88. The molecule has 1 amide bonds. The first kappa shape index (κ1) is 38.3. The predicted molar refractivity (Wildman–Crippen MR) is 144 cm³/mol. The summed E-state index contributed by atoms with van der Waals surface area (Å²) in [6.07, 6.45) is -0.870. The van der Waals surface area contributed by atoms with E-state index in [1.165, 1.54) is 49.0 Å². The Morgan fingerprint density at radius 3 is 2.15 bits per heavy atom. The average molecular weight is 614 g/mol. The molecule has 3 unspecified atom stereocenters. The lowest BCUT2D eigenvalue weighted by atomic mass is 9.71. The van der Waals surface area contributed by atoms with Gasteiger partial charge in [0.1, 0.15) is 12.7 Å². The van der Waals surface area contributed by atoms with Crippen molar-refractivity contribution in [2.75, 3.05) is 53.5 Å². The van der Waals surface area contributed by atoms with Gasteiger partial charge >= 0.3 is 14.8 Å². The number of amides is 1. The second kappa shape index (κ2) is 16.7. The van der Waals surface area contributed by atoms with Crippen LogP contribution in [0.3, 0.4) is 0 Å². The number of carbonyl (C=O) groups is 2. The maximum atomic E-state index is 12.9. The van der Waals surface area contributed by atoms with Crippen LogP contribution in [0.15, 0.2) is 0 Å². The fourth-order valence-corrected chi connectivity index (χ4v) is 6.69. The van der Waals surface area contributed by atoms with Crippen molar-refractivity contribution in [2.45, 2.75) is 71.1 Å². The van der Waals surface area contributed by atoms with E-state index in [0.29, 0.717) is 19.1 Å². The van der Waals surface area contributed by atoms with Crippen LogP contribution in [0, 0.1) is 22.2 Å². The Hall–Kier alpha value is -1.68. The fourth-order valence-electron chi connectivity index (χ4n) is 4.04. The third-order valence-corrected chi connectivity index (χ3v) is 10.2. The van der Waals surface area contributed by atoms with E-state index in [2.05, 4.69) is 11.4 Å². The molecule has 0 aromatic heterocycles. The molecular formula is C24H45N2O12SSi-. The molecule has 0 aliphatic carbocycles. The number of nitrogens with zero attached hydrogens (tertiary/aromatic N) is 1. The van der Waals surface area contributed by atoms with E-state index < -0.39 is 65.6 Å². The summed E-state index contributed by atoms with van der Waals surface area (Å²) in [6, 6.07) is 2.59. The van der Waals surface area contributed by atoms with Gasteiger partial charge < -0.3 is 42.8 Å². The zero-order valence-electron chi connectivity index (χ0n) is 24.5. The summed E-state index contributed by atoms with van der Waals surface area (Å²) in [5.74, 6) is -2.27. The molecule has 0 heterocycles. The highest BCUT2D eigenvalue weighted by molar-refractivity contribution is 7.85. The van der Waals surface area contributed by atoms with Crippen LogP contribution in [0.4, 0.5) is 0 Å². The Morgan fingerprint density at radius 1 is 1.10 bits per heavy atom. The predicted octanol–water partition coefficient (Wildman–Crippen LogP) is 0.314. The third-order valence-electron chi connectivity index (χ3n) is 6.27. The van der Waals surface area contributed by atoms with Crippen molar-refractivity contribution in [1.82, 2.24) is 5.32 Å². The Morgan fingerprint density at radius 2 is 1.68 bits per heavy atom. The van der Waals surface area contributed by atoms with E-state index in [9.17, 15) is 38.0 Å². The van der Waals surface area contributed by atoms with Crippen LogP contribution in [0.5, 0.6) is 0 Å². The SMILES string of the molecule is CO[Si](CCCOCC(O)COC(=O)CCC(C)(C#N)CC(C)(CO)C(=O)NC(C)(C)CS(=O)(=O)[O-])(OC)OC. The molecule has 0 aromatic carbocycles. The minimum Gasteiger partial charge on any atom is -0.748 e. The Labute approximate surface area is 238 Å². The fraction of sp³-hybridized carbons (Fsp3) is 0.875. The van der Waals surface area contributed by atoms with Gasteiger partial charge in [-0.3, -0.25) is 9.59 Å². The molecule has 0 bridgehead atoms. The van der Waals surface area contributed by atoms with Crippen molar-refractivity contribution in [3.8, 4) is 6.07 Å². The number of rotatable bonds is 21. The molecule has 16 heteroatoms. The number of aliphatic hydroxyl groups is 2. The van der Waals surface area contributed by atoms with E-state index >= 15 is 0 Å². The maximum Gasteiger partial charge on any atom is 0.500 e. The van der Waals surface area contributed by atoms with Gasteiger partial charge in [0.2, 0.25) is 5.91 Å². The van der Waals surface area contributed by atoms with Crippen molar-refractivity contribution in [3.05, 3.63) is 0 Å². The van der Waals surface area contributed by atoms with Crippen molar-refractivity contribution >= 4 is 30.8 Å². The van der Waals surface area contributed by atoms with Crippen molar-refractivity contribution < 1.29 is 55.5 Å². The third kappa shape index (κ3) is 14.3. The second-order valence-electron chi connectivity index (χ2n) is 10.9. The molecule has 40 heavy (non-hydrogen) atoms. The molecule has 0 aliphatic heterocycles. The van der Waals surface area contributed by atoms with Gasteiger partial charge in [-0.1, -0.05) is 0 Å². The topological polar surface area (TPSA) is 214 Å². The lowest BCUT2D eigenvalue weighted by Gasteiger charge is -2.37. The minimum absolute atomic E-state index is 0.0136. The summed E-state index contributed by atoms with van der Waals surface area (Å²) >= 11 is 0. The number of hydrogen-bond donors (Lipinski definition) is 3. The first-order valence-corrected chi connectivity index (χ1v) is 16.2. The van der Waals surface area contributed by atoms with Crippen LogP contribution >= 0.6 is 0 Å². The van der Waals surface area contributed by atoms with Gasteiger partial charge in [-0.2, -0.15) is 5.26 Å². The summed E-state index contributed by atoms with van der Waals surface area (Å²) in [7, 11) is -2.81. The van der Waals surface area contributed by atoms with Crippen LogP contribution < -0.4 is 5.32 Å². The van der Waals surface area contributed by atoms with E-state index in [1.54, 1.807) is 0 Å². The van der Waals surface area contributed by atoms with Crippen LogP contribution in [-0.2, 0) is 42.5 Å². The first-order chi connectivity index (χ1) is 18.3. The molecule has 0 fully saturated rings. The largest absolute Gasteiger partial charge is 0.748 e. The van der Waals surface area contributed by atoms with Gasteiger partial charge in [0.05, 0.1) is 46.0 Å². The smallest absolute Gasteiger partial charge is 0.500 e. The summed E-state index contributed by atoms with van der Waals surface area (Å²) in [5, 5.41) is 32.2. The molecule has 0 radical (unpaired) electrons. The number of esters is 1. The molecule has 3 atom stereocenters. The maximum absolute atomic E-state index is 12.9. The molecule has 0 saturated heterocycles. The summed E-state index contributed by atoms with van der Waals surface area (Å²) < 4.78 is 59.8. The summed E-state index contributed by atoms with van der Waals surface area (Å²) in [5.41, 5.74) is -4.16. The average Bonchev–Trinajstić information content (AvgIpc) is 2.86. The van der Waals surface area contributed by atoms with Gasteiger partial charge in [0.25, 0.3) is 0 Å². The van der Waals surface area contributed by atoms with Gasteiger partial charge in [-0.15, -0.1) is 0 Å². The van der Waals surface area contributed by atoms with Crippen LogP contribution in [0.1, 0.15) is 53.4 Å². The molecular weight excluding hydrogens is 568 g/mol. The van der Waals surface area contributed by atoms with Crippen molar-refractivity contribution in [1.29, 1.82) is 5.26 Å². The molecule has 234 valence electrons. The van der Waals surface area contributed by atoms with Crippen LogP contribution in [0.2, 0.25) is 6.04 Å². The standard InChI is InChI=1S/C24H46N2O12SSi/c1-22(2,18-39(31,32)33)26-21(30)24(4,17-27)15-23(3,16-25)10-9-20(29)38-14-19(28)13-37-11-8-12-40(34-5,35-6)36-7/h19,27-28H,8-15,17-18H2,1-7H3,(H,26,30)(H,31,32,33)/p-1. The zero-order valence-corrected chi connectivity index (χ0v) is 26.3. The van der Waals surface area contributed by atoms with Gasteiger partial charge in [-0.05, 0) is 47.0 Å². The zero-order chi connectivity index (χ0) is 31.3. The van der Waals surface area contributed by atoms with Gasteiger partial charge in [0, 0.05) is 45.9 Å². The molecule has 0 aromatic rings. The lowest BCUT2D eigenvalue weighted by Crippen LogP contribution is -2.54. The van der Waals surface area contributed by atoms with Crippen molar-refractivity contribution in [3.63, 3.8) is 0 Å². The number of aliphatic hydroxyl groups excluding tert-OH is 2. The molecule has 3 N–H and O–H groups in total. The van der Waals surface area contributed by atoms with Gasteiger partial charge in [-0.25, -0.2) is 8.42 Å². The highest BCUT2D eigenvalue weighted by Crippen LogP contribution is 2.38. The van der Waals surface area contributed by atoms with Crippen LogP contribution in [0.25, 0.3) is 0 Å². The number of nitriles is 1. The Bertz CT molecular complexity index is 946. The highest BCUT2D eigenvalue weighted by atomic mass is 32.2. The summed E-state index contributed by atoms with van der Waals surface area (Å²) in [4.78, 5) is 25.2. The molecule has 0 spiro atoms. The molecule has 0 aliphatic rings. The number of ether oxygens (including phenoxy) is 2. The number of hydrogen-bond acceptors (Lipinski definition) is 13. The molecule has 0 saturated carbocycles. The van der Waals surface area contributed by atoms with Crippen molar-refractivity contribution in [2.24, 2.45) is 10.8 Å². The van der Waals surface area contributed by atoms with Gasteiger partial charge in [0.15, 0.2) is 0 Å². The Balaban J connectivity index is 4.77. The van der Waals surface area contributed by atoms with E-state index in [1.807, 2.05) is 0 Å². The molecule has 14 nitrogen and oxygen atoms in total.